The highest BCUT2D eigenvalue weighted by molar-refractivity contribution is 7.17. The van der Waals surface area contributed by atoms with Gasteiger partial charge in [-0.2, -0.15) is 0 Å². The third-order valence-electron chi connectivity index (χ3n) is 4.37. The van der Waals surface area contributed by atoms with Gasteiger partial charge in [0.2, 0.25) is 0 Å². The molecule has 0 fully saturated rings. The fraction of sp³-hybridized carbons (Fsp3) is 0.150. The molecule has 0 spiro atoms. The first-order valence-corrected chi connectivity index (χ1v) is 9.13. The van der Waals surface area contributed by atoms with E-state index >= 15 is 0 Å². The van der Waals surface area contributed by atoms with Crippen molar-refractivity contribution in [2.75, 3.05) is 11.9 Å². The van der Waals surface area contributed by atoms with Gasteiger partial charge >= 0.3 is 0 Å². The van der Waals surface area contributed by atoms with Crippen LogP contribution in [-0.4, -0.2) is 13.0 Å². The number of carbonyl (C=O) groups excluding carboxylic acids is 1. The maximum Gasteiger partial charge on any atom is 0.268 e. The molecule has 2 aromatic carbocycles. The van der Waals surface area contributed by atoms with Gasteiger partial charge in [0.15, 0.2) is 0 Å². The van der Waals surface area contributed by atoms with Crippen LogP contribution in [0.25, 0.3) is 10.4 Å². The normalized spacial score (nSPS) is 12.1. The minimum Gasteiger partial charge on any atom is -0.488 e. The second kappa shape index (κ2) is 6.21. The second-order valence-corrected chi connectivity index (χ2v) is 7.53. The van der Waals surface area contributed by atoms with Crippen molar-refractivity contribution >= 4 is 34.5 Å². The third-order valence-corrected chi connectivity index (χ3v) is 5.81. The lowest BCUT2D eigenvalue weighted by atomic mass is 10.1. The van der Waals surface area contributed by atoms with Gasteiger partial charge in [-0.1, -0.05) is 29.8 Å². The Labute approximate surface area is 155 Å². The van der Waals surface area contributed by atoms with Gasteiger partial charge in [-0.25, -0.2) is 0 Å². The van der Waals surface area contributed by atoms with Crippen molar-refractivity contribution in [1.29, 1.82) is 0 Å². The third kappa shape index (κ3) is 2.81. The molecule has 5 heteroatoms. The Morgan fingerprint density at radius 2 is 2.00 bits per heavy atom. The molecule has 4 rings (SSSR count). The number of carbonyl (C=O) groups is 1. The molecule has 3 aromatic rings. The maximum absolute atomic E-state index is 13.0. The smallest absolute Gasteiger partial charge is 0.268 e. The Morgan fingerprint density at radius 1 is 1.20 bits per heavy atom. The number of anilines is 1. The molecule has 0 N–H and O–H groups in total. The van der Waals surface area contributed by atoms with Gasteiger partial charge in [0.05, 0.1) is 4.88 Å². The summed E-state index contributed by atoms with van der Waals surface area (Å²) in [6.45, 7) is 2.47. The molecule has 126 valence electrons. The molecule has 1 amide bonds. The van der Waals surface area contributed by atoms with Crippen LogP contribution in [0.3, 0.4) is 0 Å². The molecule has 0 aliphatic carbocycles. The van der Waals surface area contributed by atoms with Crippen molar-refractivity contribution in [3.8, 4) is 16.2 Å². The van der Waals surface area contributed by atoms with Crippen LogP contribution >= 0.6 is 22.9 Å². The van der Waals surface area contributed by atoms with E-state index in [1.807, 2.05) is 55.5 Å². The van der Waals surface area contributed by atoms with E-state index in [1.54, 1.807) is 11.9 Å². The van der Waals surface area contributed by atoms with Crippen molar-refractivity contribution in [2.45, 2.75) is 13.5 Å². The summed E-state index contributed by atoms with van der Waals surface area (Å²) in [6, 6.07) is 15.4. The van der Waals surface area contributed by atoms with Gasteiger partial charge < -0.3 is 9.64 Å². The second-order valence-electron chi connectivity index (χ2n) is 6.04. The minimum atomic E-state index is -0.0396. The first kappa shape index (κ1) is 16.2. The molecule has 1 aliphatic rings. The summed E-state index contributed by atoms with van der Waals surface area (Å²) < 4.78 is 5.79. The van der Waals surface area contributed by atoms with Crippen LogP contribution in [0, 0.1) is 6.92 Å². The van der Waals surface area contributed by atoms with Crippen LogP contribution in [0.15, 0.2) is 48.5 Å². The van der Waals surface area contributed by atoms with Crippen LogP contribution in [0.1, 0.15) is 20.8 Å². The van der Waals surface area contributed by atoms with E-state index in [2.05, 4.69) is 0 Å². The number of benzene rings is 2. The fourth-order valence-corrected chi connectivity index (χ4v) is 4.36. The lowest BCUT2D eigenvalue weighted by Crippen LogP contribution is -2.26. The van der Waals surface area contributed by atoms with Gasteiger partial charge in [-0.15, -0.1) is 11.3 Å². The minimum absolute atomic E-state index is 0.0396. The Bertz CT molecular complexity index is 980. The van der Waals surface area contributed by atoms with Crippen molar-refractivity contribution in [2.24, 2.45) is 0 Å². The first-order valence-electron chi connectivity index (χ1n) is 7.93. The van der Waals surface area contributed by atoms with E-state index in [9.17, 15) is 4.79 Å². The van der Waals surface area contributed by atoms with Gasteiger partial charge in [-0.3, -0.25) is 4.79 Å². The summed E-state index contributed by atoms with van der Waals surface area (Å²) in [6.07, 6.45) is 0. The van der Waals surface area contributed by atoms with Gasteiger partial charge in [0.1, 0.15) is 12.4 Å². The number of fused-ring (bicyclic) bond motifs is 3. The maximum atomic E-state index is 13.0. The molecule has 0 atom stereocenters. The average molecular weight is 370 g/mol. The largest absolute Gasteiger partial charge is 0.488 e. The predicted octanol–water partition coefficient (Wildman–Crippen LogP) is 5.55. The molecule has 3 nitrogen and oxygen atoms in total. The summed E-state index contributed by atoms with van der Waals surface area (Å²) in [4.78, 5) is 16.5. The molecule has 1 aromatic heterocycles. The standard InChI is InChI=1S/C20H16ClNO2S/c1-12-7-8-14(21)10-16(12)22(2)20(23)18-9-13-11-24-17-6-4-3-5-15(17)19(13)25-18/h3-10H,11H2,1-2H3. The molecule has 2 heterocycles. The van der Waals surface area contributed by atoms with Crippen LogP contribution in [0.5, 0.6) is 5.75 Å². The number of para-hydroxylation sites is 1. The monoisotopic (exact) mass is 369 g/mol. The number of hydrogen-bond donors (Lipinski definition) is 0. The quantitative estimate of drug-likeness (QED) is 0.593. The van der Waals surface area contributed by atoms with Crippen molar-refractivity contribution in [1.82, 2.24) is 0 Å². The summed E-state index contributed by atoms with van der Waals surface area (Å²) in [5.74, 6) is 0.831. The highest BCUT2D eigenvalue weighted by Gasteiger charge is 2.24. The highest BCUT2D eigenvalue weighted by atomic mass is 35.5. The first-order chi connectivity index (χ1) is 12.0. The van der Waals surface area contributed by atoms with Crippen LogP contribution in [0.2, 0.25) is 5.02 Å². The predicted molar refractivity (Wildman–Crippen MR) is 103 cm³/mol. The molecule has 0 bridgehead atoms. The van der Waals surface area contributed by atoms with E-state index in [1.165, 1.54) is 11.3 Å². The van der Waals surface area contributed by atoms with Crippen molar-refractivity contribution in [3.63, 3.8) is 0 Å². The van der Waals surface area contributed by atoms with Crippen LogP contribution in [0.4, 0.5) is 5.69 Å². The van der Waals surface area contributed by atoms with E-state index in [0.717, 1.165) is 33.0 Å². The van der Waals surface area contributed by atoms with Gasteiger partial charge in [0.25, 0.3) is 5.91 Å². The molecular formula is C20H16ClNO2S. The van der Waals surface area contributed by atoms with E-state index in [4.69, 9.17) is 16.3 Å². The Hall–Kier alpha value is -2.30. The number of aryl methyl sites for hydroxylation is 1. The number of halogens is 1. The fourth-order valence-electron chi connectivity index (χ4n) is 3.02. The zero-order valence-corrected chi connectivity index (χ0v) is 15.4. The number of thiophene rings is 1. The highest BCUT2D eigenvalue weighted by Crippen LogP contribution is 2.42. The molecule has 0 saturated carbocycles. The summed E-state index contributed by atoms with van der Waals surface area (Å²) in [5, 5.41) is 0.619. The van der Waals surface area contributed by atoms with Gasteiger partial charge in [-0.05, 0) is 42.8 Å². The number of rotatable bonds is 2. The zero-order valence-electron chi connectivity index (χ0n) is 13.9. The summed E-state index contributed by atoms with van der Waals surface area (Å²) in [5.41, 5.74) is 3.94. The van der Waals surface area contributed by atoms with E-state index in [-0.39, 0.29) is 5.91 Å². The molecule has 1 aliphatic heterocycles. The molecule has 0 radical (unpaired) electrons. The Balaban J connectivity index is 1.71. The lowest BCUT2D eigenvalue weighted by molar-refractivity contribution is 0.0996. The summed E-state index contributed by atoms with van der Waals surface area (Å²) >= 11 is 7.61. The number of hydrogen-bond acceptors (Lipinski definition) is 3. The summed E-state index contributed by atoms with van der Waals surface area (Å²) in [7, 11) is 1.78. The van der Waals surface area contributed by atoms with Crippen molar-refractivity contribution in [3.05, 3.63) is 69.6 Å². The number of amides is 1. The van der Waals surface area contributed by atoms with Crippen LogP contribution in [-0.2, 0) is 6.61 Å². The lowest BCUT2D eigenvalue weighted by Gasteiger charge is -2.19. The Kier molecular flexibility index (Phi) is 4.02. The van der Waals surface area contributed by atoms with Gasteiger partial charge in [0, 0.05) is 33.8 Å². The molecular weight excluding hydrogens is 354 g/mol. The molecule has 0 saturated heterocycles. The van der Waals surface area contributed by atoms with Crippen LogP contribution < -0.4 is 9.64 Å². The SMILES string of the molecule is Cc1ccc(Cl)cc1N(C)C(=O)c1cc2c(s1)-c1ccccc1OC2. The zero-order chi connectivity index (χ0) is 17.6. The molecule has 0 unspecified atom stereocenters. The van der Waals surface area contributed by atoms with E-state index in [0.29, 0.717) is 16.5 Å². The van der Waals surface area contributed by atoms with Crippen molar-refractivity contribution < 1.29 is 9.53 Å². The Morgan fingerprint density at radius 3 is 2.84 bits per heavy atom. The number of ether oxygens (including phenoxy) is 1. The van der Waals surface area contributed by atoms with E-state index < -0.39 is 0 Å². The topological polar surface area (TPSA) is 29.5 Å². The average Bonchev–Trinajstić information content (AvgIpc) is 3.07. The number of nitrogens with zero attached hydrogens (tertiary/aromatic N) is 1. The molecule has 25 heavy (non-hydrogen) atoms.